The van der Waals surface area contributed by atoms with E-state index in [0.717, 1.165) is 89.4 Å². The van der Waals surface area contributed by atoms with Crippen LogP contribution in [0, 0.1) is 0 Å². The second kappa shape index (κ2) is 13.4. The molecule has 9 rings (SSSR count). The number of rotatable bonds is 6. The molecule has 2 aliphatic rings. The number of nitrogens with one attached hydrogen (secondary N) is 2. The van der Waals surface area contributed by atoms with Crippen molar-refractivity contribution in [2.24, 2.45) is 0 Å². The van der Waals surface area contributed by atoms with Gasteiger partial charge >= 0.3 is 0 Å². The Kier molecular flexibility index (Phi) is 8.13. The molecule has 0 radical (unpaired) electrons. The number of carbonyl (C=O) groups excluding carboxylic acids is 2. The lowest BCUT2D eigenvalue weighted by atomic mass is 10.00. The predicted octanol–water partition coefficient (Wildman–Crippen LogP) is 11.7. The number of aromatic amines is 2. The fourth-order valence-electron chi connectivity index (χ4n) is 7.37. The van der Waals surface area contributed by atoms with E-state index in [1.54, 1.807) is 13.8 Å². The van der Waals surface area contributed by atoms with Crippen LogP contribution in [-0.4, -0.2) is 31.5 Å². The van der Waals surface area contributed by atoms with Gasteiger partial charge in [0.2, 0.25) is 0 Å². The summed E-state index contributed by atoms with van der Waals surface area (Å²) in [5.74, 6) is 0.0370. The predicted molar refractivity (Wildman–Crippen MR) is 221 cm³/mol. The Morgan fingerprint density at radius 2 is 0.685 bits per heavy atom. The molecule has 0 fully saturated rings. The zero-order valence-electron chi connectivity index (χ0n) is 29.7. The number of Topliss-reactive ketones (excluding diaryl/α,β-unsaturated/α-hetero) is 2. The lowest BCUT2D eigenvalue weighted by Gasteiger charge is -2.07. The number of fused-ring (bicyclic) bond motifs is 8. The maximum atomic E-state index is 12.2. The summed E-state index contributed by atoms with van der Waals surface area (Å²) in [5.41, 5.74) is 15.8. The molecule has 2 aliphatic heterocycles. The number of ketones is 2. The van der Waals surface area contributed by atoms with E-state index in [4.69, 9.17) is 9.97 Å². The Bertz CT molecular complexity index is 2700. The molecule has 4 aromatic carbocycles. The molecular weight excluding hydrogens is 665 g/mol. The standard InChI is InChI=1S/C48H34N4O2/c1-29(53)31-13-17-35(18-14-31)47-41-25-21-37(49-41)45(33-9-5-3-6-10-33)39-23-27-43(51-39)48(36-19-15-32(16-20-36)30(2)54)44-28-24-40(52-44)46(34-11-7-4-8-12-34)38-22-26-42(47)50-38/h3-28,49-50H,1-2H3. The van der Waals surface area contributed by atoms with Crippen LogP contribution >= 0.6 is 0 Å². The molecule has 0 saturated carbocycles. The zero-order valence-corrected chi connectivity index (χ0v) is 29.7. The second-order valence-corrected chi connectivity index (χ2v) is 13.5. The van der Waals surface area contributed by atoms with Crippen LogP contribution < -0.4 is 0 Å². The van der Waals surface area contributed by atoms with E-state index >= 15 is 0 Å². The van der Waals surface area contributed by atoms with E-state index in [2.05, 4.69) is 82.8 Å². The highest BCUT2D eigenvalue weighted by atomic mass is 16.1. The number of benzene rings is 4. The van der Waals surface area contributed by atoms with E-state index in [1.807, 2.05) is 84.9 Å². The first kappa shape index (κ1) is 32.7. The molecule has 0 unspecified atom stereocenters. The maximum absolute atomic E-state index is 12.2. The van der Waals surface area contributed by atoms with Gasteiger partial charge in [0.1, 0.15) is 0 Å². The van der Waals surface area contributed by atoms with Gasteiger partial charge in [0.05, 0.1) is 22.8 Å². The van der Waals surface area contributed by atoms with E-state index in [1.165, 1.54) is 0 Å². The number of carbonyl (C=O) groups is 2. The third kappa shape index (κ3) is 5.90. The normalized spacial score (nSPS) is 11.9. The zero-order chi connectivity index (χ0) is 36.8. The molecule has 54 heavy (non-hydrogen) atoms. The average molecular weight is 699 g/mol. The molecule has 2 N–H and O–H groups in total. The Morgan fingerprint density at radius 3 is 1.06 bits per heavy atom. The van der Waals surface area contributed by atoms with Crippen LogP contribution in [0.2, 0.25) is 0 Å². The molecule has 0 atom stereocenters. The van der Waals surface area contributed by atoms with Crippen molar-refractivity contribution in [2.75, 3.05) is 0 Å². The summed E-state index contributed by atoms with van der Waals surface area (Å²) in [4.78, 5) is 42.6. The lowest BCUT2D eigenvalue weighted by Crippen LogP contribution is -1.94. The van der Waals surface area contributed by atoms with Gasteiger partial charge in [0.25, 0.3) is 0 Å². The van der Waals surface area contributed by atoms with Crippen LogP contribution in [0.1, 0.15) is 57.3 Å². The van der Waals surface area contributed by atoms with E-state index < -0.39 is 0 Å². The molecule has 5 heterocycles. The quantitative estimate of drug-likeness (QED) is 0.169. The van der Waals surface area contributed by atoms with Crippen LogP contribution in [0.4, 0.5) is 0 Å². The first-order chi connectivity index (χ1) is 26.4. The third-order valence-electron chi connectivity index (χ3n) is 10.0. The highest BCUT2D eigenvalue weighted by Gasteiger charge is 2.20. The summed E-state index contributed by atoms with van der Waals surface area (Å²) in [6.07, 6.45) is 8.23. The van der Waals surface area contributed by atoms with Gasteiger partial charge in [-0.25, -0.2) is 9.97 Å². The first-order valence-electron chi connectivity index (χ1n) is 17.9. The fraction of sp³-hybridized carbons (Fsp3) is 0.0417. The molecule has 0 amide bonds. The maximum Gasteiger partial charge on any atom is 0.159 e. The third-order valence-corrected chi connectivity index (χ3v) is 10.0. The van der Waals surface area contributed by atoms with E-state index in [-0.39, 0.29) is 11.6 Å². The van der Waals surface area contributed by atoms with Crippen molar-refractivity contribution in [3.8, 4) is 44.5 Å². The monoisotopic (exact) mass is 698 g/mol. The van der Waals surface area contributed by atoms with Gasteiger partial charge in [-0.15, -0.1) is 0 Å². The van der Waals surface area contributed by atoms with Crippen LogP contribution in [-0.2, 0) is 0 Å². The van der Waals surface area contributed by atoms with Crippen molar-refractivity contribution < 1.29 is 9.59 Å². The summed E-state index contributed by atoms with van der Waals surface area (Å²) in [5, 5.41) is 0. The minimum absolute atomic E-state index is 0.0142. The fourth-order valence-corrected chi connectivity index (χ4v) is 7.37. The highest BCUT2D eigenvalue weighted by molar-refractivity contribution is 6.01. The molecular formula is C48H34N4O2. The SMILES string of the molecule is CC(=O)c1ccc(-c2c3nc(c(-c4ccccc4)c4ccc([nH]4)c(-c4ccc(C(C)=O)cc4)c4ccc([nH]4)c(-c4ccccc4)c4nc2C=C4)C=C3)cc1. The number of aromatic nitrogens is 4. The summed E-state index contributed by atoms with van der Waals surface area (Å²) in [6, 6.07) is 44.4. The molecule has 258 valence electrons. The lowest BCUT2D eigenvalue weighted by molar-refractivity contribution is 0.100. The van der Waals surface area contributed by atoms with Crippen LogP contribution in [0.25, 0.3) is 90.9 Å². The Labute approximate surface area is 312 Å². The Morgan fingerprint density at radius 1 is 0.370 bits per heavy atom. The van der Waals surface area contributed by atoms with Crippen molar-refractivity contribution in [1.82, 2.24) is 19.9 Å². The Balaban J connectivity index is 1.44. The highest BCUT2D eigenvalue weighted by Crippen LogP contribution is 2.38. The summed E-state index contributed by atoms with van der Waals surface area (Å²) in [7, 11) is 0. The van der Waals surface area contributed by atoms with Gasteiger partial charge in [-0.2, -0.15) is 0 Å². The number of hydrogen-bond donors (Lipinski definition) is 2. The van der Waals surface area contributed by atoms with Crippen LogP contribution in [0.5, 0.6) is 0 Å². The molecule has 3 aromatic heterocycles. The molecule has 6 heteroatoms. The number of nitrogens with zero attached hydrogens (tertiary/aromatic N) is 2. The van der Waals surface area contributed by atoms with Gasteiger partial charge in [-0.3, -0.25) is 9.59 Å². The minimum Gasteiger partial charge on any atom is -0.354 e. The van der Waals surface area contributed by atoms with Gasteiger partial charge in [0.15, 0.2) is 11.6 Å². The minimum atomic E-state index is 0.0142. The van der Waals surface area contributed by atoms with Gasteiger partial charge in [-0.05, 0) is 84.7 Å². The molecule has 0 aliphatic carbocycles. The molecule has 0 spiro atoms. The largest absolute Gasteiger partial charge is 0.354 e. The second-order valence-electron chi connectivity index (χ2n) is 13.5. The molecule has 8 bridgehead atoms. The van der Waals surface area contributed by atoms with Crippen LogP contribution in [0.3, 0.4) is 0 Å². The first-order valence-corrected chi connectivity index (χ1v) is 17.9. The summed E-state index contributed by atoms with van der Waals surface area (Å²) in [6.45, 7) is 3.16. The molecule has 0 saturated heterocycles. The topological polar surface area (TPSA) is 91.5 Å². The molecule has 7 aromatic rings. The smallest absolute Gasteiger partial charge is 0.159 e. The summed E-state index contributed by atoms with van der Waals surface area (Å²) >= 11 is 0. The van der Waals surface area contributed by atoms with Crippen molar-refractivity contribution in [2.45, 2.75) is 13.8 Å². The van der Waals surface area contributed by atoms with E-state index in [0.29, 0.717) is 11.1 Å². The summed E-state index contributed by atoms with van der Waals surface area (Å²) < 4.78 is 0. The van der Waals surface area contributed by atoms with Crippen molar-refractivity contribution in [1.29, 1.82) is 0 Å². The van der Waals surface area contributed by atoms with Crippen molar-refractivity contribution >= 4 is 57.9 Å². The van der Waals surface area contributed by atoms with Crippen LogP contribution in [0.15, 0.2) is 133 Å². The van der Waals surface area contributed by atoms with Crippen molar-refractivity contribution in [3.63, 3.8) is 0 Å². The number of H-pyrrole nitrogens is 2. The Hall–Kier alpha value is -7.18. The molecule has 6 nitrogen and oxygen atoms in total. The number of hydrogen-bond acceptors (Lipinski definition) is 4. The van der Waals surface area contributed by atoms with E-state index in [9.17, 15) is 9.59 Å². The van der Waals surface area contributed by atoms with Gasteiger partial charge in [0, 0.05) is 55.4 Å². The van der Waals surface area contributed by atoms with Gasteiger partial charge in [-0.1, -0.05) is 109 Å². The average Bonchev–Trinajstić information content (AvgIpc) is 4.04. The van der Waals surface area contributed by atoms with Crippen molar-refractivity contribution in [3.05, 3.63) is 167 Å². The van der Waals surface area contributed by atoms with Gasteiger partial charge < -0.3 is 9.97 Å².